The predicted molar refractivity (Wildman–Crippen MR) is 101 cm³/mol. The van der Waals surface area contributed by atoms with Crippen molar-refractivity contribution in [2.75, 3.05) is 13.2 Å². The van der Waals surface area contributed by atoms with E-state index in [1.807, 2.05) is 30.3 Å². The summed E-state index contributed by atoms with van der Waals surface area (Å²) < 4.78 is 32.2. The number of esters is 1. The van der Waals surface area contributed by atoms with Crippen LogP contribution in [0.1, 0.15) is 30.0 Å². The highest BCUT2D eigenvalue weighted by Gasteiger charge is 2.15. The zero-order chi connectivity index (χ0) is 19.0. The van der Waals surface area contributed by atoms with Crippen LogP contribution < -0.4 is 4.72 Å². The van der Waals surface area contributed by atoms with Crippen molar-refractivity contribution in [2.45, 2.75) is 38.0 Å². The zero-order valence-electron chi connectivity index (χ0n) is 15.2. The molecule has 5 nitrogen and oxygen atoms in total. The highest BCUT2D eigenvalue weighted by atomic mass is 32.2. The van der Waals surface area contributed by atoms with Gasteiger partial charge in [-0.2, -0.15) is 0 Å². The summed E-state index contributed by atoms with van der Waals surface area (Å²) in [6.07, 6.45) is 1.60. The molecule has 140 valence electrons. The molecular weight excluding hydrogens is 350 g/mol. The molecule has 6 heteroatoms. The molecule has 0 aliphatic carbocycles. The zero-order valence-corrected chi connectivity index (χ0v) is 16.0. The molecule has 0 aliphatic heterocycles. The maximum absolute atomic E-state index is 12.3. The first-order valence-corrected chi connectivity index (χ1v) is 10.2. The lowest BCUT2D eigenvalue weighted by molar-refractivity contribution is -0.143. The Morgan fingerprint density at radius 3 is 2.23 bits per heavy atom. The van der Waals surface area contributed by atoms with Gasteiger partial charge < -0.3 is 4.74 Å². The van der Waals surface area contributed by atoms with Crippen molar-refractivity contribution in [1.82, 2.24) is 4.72 Å². The van der Waals surface area contributed by atoms with Crippen LogP contribution in [0, 0.1) is 6.92 Å². The average molecular weight is 375 g/mol. The van der Waals surface area contributed by atoms with Crippen LogP contribution in [0.5, 0.6) is 0 Å². The summed E-state index contributed by atoms with van der Waals surface area (Å²) in [7, 11) is -3.49. The lowest BCUT2D eigenvalue weighted by Crippen LogP contribution is -2.26. The smallest absolute Gasteiger partial charge is 0.306 e. The van der Waals surface area contributed by atoms with Crippen LogP contribution in [0.4, 0.5) is 0 Å². The Hall–Kier alpha value is -2.18. The molecule has 0 spiro atoms. The lowest BCUT2D eigenvalue weighted by atomic mass is 10.1. The summed E-state index contributed by atoms with van der Waals surface area (Å²) in [5.41, 5.74) is 2.82. The van der Waals surface area contributed by atoms with Gasteiger partial charge in [0.05, 0.1) is 11.5 Å². The van der Waals surface area contributed by atoms with E-state index in [0.717, 1.165) is 16.7 Å². The molecule has 0 saturated heterocycles. The van der Waals surface area contributed by atoms with Crippen molar-refractivity contribution in [3.8, 4) is 0 Å². The van der Waals surface area contributed by atoms with E-state index in [1.165, 1.54) is 0 Å². The van der Waals surface area contributed by atoms with Crippen molar-refractivity contribution in [3.63, 3.8) is 0 Å². The highest BCUT2D eigenvalue weighted by molar-refractivity contribution is 7.89. The topological polar surface area (TPSA) is 72.5 Å². The summed E-state index contributed by atoms with van der Waals surface area (Å²) in [6, 6.07) is 14.8. The molecule has 0 saturated carbocycles. The summed E-state index contributed by atoms with van der Waals surface area (Å²) in [4.78, 5) is 11.7. The SMILES string of the molecule is CCOC(=O)CCc1ccc(CCNS(=O)(=O)c2ccccc2C)cc1. The van der Waals surface area contributed by atoms with Gasteiger partial charge in [0, 0.05) is 13.0 Å². The van der Waals surface area contributed by atoms with Crippen molar-refractivity contribution in [1.29, 1.82) is 0 Å². The second-order valence-corrected chi connectivity index (χ2v) is 7.77. The molecule has 0 amide bonds. The fourth-order valence-corrected chi connectivity index (χ4v) is 3.89. The highest BCUT2D eigenvalue weighted by Crippen LogP contribution is 2.14. The van der Waals surface area contributed by atoms with E-state index in [1.54, 1.807) is 32.0 Å². The Bertz CT molecular complexity index is 829. The molecular formula is C20H25NO4S. The van der Waals surface area contributed by atoms with E-state index >= 15 is 0 Å². The van der Waals surface area contributed by atoms with Crippen molar-refractivity contribution < 1.29 is 17.9 Å². The number of benzene rings is 2. The quantitative estimate of drug-likeness (QED) is 0.684. The van der Waals surface area contributed by atoms with Crippen LogP contribution in [0.15, 0.2) is 53.4 Å². The molecule has 0 unspecified atom stereocenters. The molecule has 2 aromatic rings. The van der Waals surface area contributed by atoms with E-state index in [2.05, 4.69) is 4.72 Å². The van der Waals surface area contributed by atoms with E-state index in [-0.39, 0.29) is 5.97 Å². The van der Waals surface area contributed by atoms with Crippen LogP contribution in [-0.2, 0) is 32.4 Å². The van der Waals surface area contributed by atoms with E-state index in [4.69, 9.17) is 4.74 Å². The number of rotatable bonds is 9. The number of carbonyl (C=O) groups excluding carboxylic acids is 1. The number of ether oxygens (including phenoxy) is 1. The van der Waals surface area contributed by atoms with Gasteiger partial charge in [-0.05, 0) is 49.4 Å². The summed E-state index contributed by atoms with van der Waals surface area (Å²) in [6.45, 7) is 4.30. The first-order chi connectivity index (χ1) is 12.4. The molecule has 2 aromatic carbocycles. The van der Waals surface area contributed by atoms with E-state index in [9.17, 15) is 13.2 Å². The second kappa shape index (κ2) is 9.50. The first-order valence-electron chi connectivity index (χ1n) is 8.71. The number of hydrogen-bond acceptors (Lipinski definition) is 4. The molecule has 1 N–H and O–H groups in total. The number of aryl methyl sites for hydroxylation is 2. The van der Waals surface area contributed by atoms with Gasteiger partial charge >= 0.3 is 5.97 Å². The molecule has 0 heterocycles. The second-order valence-electron chi connectivity index (χ2n) is 6.03. The third-order valence-corrected chi connectivity index (χ3v) is 5.66. The van der Waals surface area contributed by atoms with Crippen LogP contribution in [0.2, 0.25) is 0 Å². The largest absolute Gasteiger partial charge is 0.466 e. The van der Waals surface area contributed by atoms with Gasteiger partial charge in [0.1, 0.15) is 0 Å². The Morgan fingerprint density at radius 1 is 1.00 bits per heavy atom. The maximum Gasteiger partial charge on any atom is 0.306 e. The van der Waals surface area contributed by atoms with Gasteiger partial charge in [-0.3, -0.25) is 4.79 Å². The molecule has 26 heavy (non-hydrogen) atoms. The molecule has 0 fully saturated rings. The number of sulfonamides is 1. The molecule has 2 rings (SSSR count). The van der Waals surface area contributed by atoms with Crippen molar-refractivity contribution >= 4 is 16.0 Å². The lowest BCUT2D eigenvalue weighted by Gasteiger charge is -2.09. The third-order valence-electron chi connectivity index (χ3n) is 4.03. The number of nitrogens with one attached hydrogen (secondary N) is 1. The summed E-state index contributed by atoms with van der Waals surface area (Å²) in [5.74, 6) is -0.192. The molecule has 0 radical (unpaired) electrons. The van der Waals surface area contributed by atoms with Crippen LogP contribution in [-0.4, -0.2) is 27.5 Å². The monoisotopic (exact) mass is 375 g/mol. The van der Waals surface area contributed by atoms with Crippen LogP contribution in [0.3, 0.4) is 0 Å². The number of hydrogen-bond donors (Lipinski definition) is 1. The minimum Gasteiger partial charge on any atom is -0.466 e. The van der Waals surface area contributed by atoms with Crippen molar-refractivity contribution in [3.05, 3.63) is 65.2 Å². The van der Waals surface area contributed by atoms with Crippen molar-refractivity contribution in [2.24, 2.45) is 0 Å². The van der Waals surface area contributed by atoms with Crippen LogP contribution in [0.25, 0.3) is 0 Å². The molecule has 0 bridgehead atoms. The molecule has 0 aromatic heterocycles. The Morgan fingerprint density at radius 2 is 1.62 bits per heavy atom. The number of carbonyl (C=O) groups is 1. The van der Waals surface area contributed by atoms with E-state index in [0.29, 0.717) is 37.3 Å². The minimum absolute atomic E-state index is 0.192. The van der Waals surface area contributed by atoms with E-state index < -0.39 is 10.0 Å². The fraction of sp³-hybridized carbons (Fsp3) is 0.350. The molecule has 0 atom stereocenters. The summed E-state index contributed by atoms with van der Waals surface area (Å²) in [5, 5.41) is 0. The van der Waals surface area contributed by atoms with Gasteiger partial charge in [-0.15, -0.1) is 0 Å². The Labute approximate surface area is 155 Å². The Kier molecular flexibility index (Phi) is 7.36. The standard InChI is InChI=1S/C20H25NO4S/c1-3-25-20(22)13-12-17-8-10-18(11-9-17)14-15-21-26(23,24)19-7-5-4-6-16(19)2/h4-11,21H,3,12-15H2,1-2H3. The van der Waals surface area contributed by atoms with Gasteiger partial charge in [0.2, 0.25) is 10.0 Å². The fourth-order valence-electron chi connectivity index (χ4n) is 2.62. The van der Waals surface area contributed by atoms with Crippen LogP contribution >= 0.6 is 0 Å². The normalized spacial score (nSPS) is 11.3. The maximum atomic E-state index is 12.3. The van der Waals surface area contributed by atoms with Gasteiger partial charge in [0.15, 0.2) is 0 Å². The molecule has 0 aliphatic rings. The summed E-state index contributed by atoms with van der Waals surface area (Å²) >= 11 is 0. The third kappa shape index (κ3) is 5.97. The Balaban J connectivity index is 1.84. The van der Waals surface area contributed by atoms with Gasteiger partial charge in [0.25, 0.3) is 0 Å². The van der Waals surface area contributed by atoms with Gasteiger partial charge in [-0.1, -0.05) is 42.5 Å². The minimum atomic E-state index is -3.49. The average Bonchev–Trinajstić information content (AvgIpc) is 2.61. The predicted octanol–water partition coefficient (Wildman–Crippen LogP) is 3.01. The van der Waals surface area contributed by atoms with Gasteiger partial charge in [-0.25, -0.2) is 13.1 Å². The first kappa shape index (κ1) is 20.1.